The average molecular weight is 337 g/mol. The third-order valence-corrected chi connectivity index (χ3v) is 6.17. The van der Waals surface area contributed by atoms with E-state index >= 15 is 0 Å². The molecule has 1 aromatic rings. The molecule has 23 heavy (non-hydrogen) atoms. The predicted octanol–water partition coefficient (Wildman–Crippen LogP) is 3.30. The summed E-state index contributed by atoms with van der Waals surface area (Å²) in [6, 6.07) is 0. The maximum Gasteiger partial charge on any atom is 0.189 e. The van der Waals surface area contributed by atoms with Crippen molar-refractivity contribution < 1.29 is 9.90 Å². The fraction of sp³-hybridized carbons (Fsp3) is 0.824. The molecule has 1 aliphatic heterocycles. The standard InChI is InChI=1S/C17H27N3O2S/c1-4-5-6-7-8-9-13-18-15-20(19-13)17(22)11-16(2,3)10-12(21)14(17)23-15/h14,22H,4-11H2,1-3H3. The van der Waals surface area contributed by atoms with Crippen LogP contribution in [0, 0.1) is 5.41 Å². The molecule has 3 rings (SSSR count). The molecule has 1 fully saturated rings. The van der Waals surface area contributed by atoms with E-state index in [0.717, 1.165) is 18.7 Å². The van der Waals surface area contributed by atoms with Crippen LogP contribution < -0.4 is 0 Å². The summed E-state index contributed by atoms with van der Waals surface area (Å²) in [7, 11) is 0. The lowest BCUT2D eigenvalue weighted by Gasteiger charge is -2.41. The molecule has 5 nitrogen and oxygen atoms in total. The fourth-order valence-corrected chi connectivity index (χ4v) is 5.05. The molecule has 0 amide bonds. The van der Waals surface area contributed by atoms with Crippen LogP contribution in [-0.2, 0) is 16.9 Å². The highest BCUT2D eigenvalue weighted by molar-refractivity contribution is 8.00. The van der Waals surface area contributed by atoms with Gasteiger partial charge in [-0.1, -0.05) is 58.2 Å². The van der Waals surface area contributed by atoms with E-state index < -0.39 is 11.0 Å². The SMILES string of the molecule is CCCCCCCc1nc2n(n1)C1(O)CC(C)(C)CC(=O)C1S2. The van der Waals surface area contributed by atoms with E-state index in [1.807, 2.05) is 13.8 Å². The van der Waals surface area contributed by atoms with Gasteiger partial charge in [-0.15, -0.1) is 0 Å². The van der Waals surface area contributed by atoms with Gasteiger partial charge in [-0.2, -0.15) is 5.10 Å². The number of nitrogens with zero attached hydrogens (tertiary/aromatic N) is 3. The second-order valence-corrected chi connectivity index (χ2v) is 8.82. The van der Waals surface area contributed by atoms with E-state index in [1.165, 1.54) is 37.4 Å². The van der Waals surface area contributed by atoms with E-state index in [1.54, 1.807) is 4.68 Å². The Morgan fingerprint density at radius 1 is 1.30 bits per heavy atom. The van der Waals surface area contributed by atoms with Gasteiger partial charge < -0.3 is 5.11 Å². The second kappa shape index (κ2) is 6.20. The number of ketones is 1. The smallest absolute Gasteiger partial charge is 0.189 e. The Kier molecular flexibility index (Phi) is 4.58. The highest BCUT2D eigenvalue weighted by Crippen LogP contribution is 2.52. The number of hydrogen-bond donors (Lipinski definition) is 1. The van der Waals surface area contributed by atoms with Crippen molar-refractivity contribution in [3.05, 3.63) is 5.82 Å². The Bertz CT molecular complexity index is 599. The number of carbonyl (C=O) groups is 1. The van der Waals surface area contributed by atoms with Crippen molar-refractivity contribution in [3.8, 4) is 0 Å². The summed E-state index contributed by atoms with van der Waals surface area (Å²) in [6.07, 6.45) is 7.98. The van der Waals surface area contributed by atoms with Crippen LogP contribution in [0.15, 0.2) is 5.16 Å². The first-order valence-electron chi connectivity index (χ1n) is 8.74. The topological polar surface area (TPSA) is 68.0 Å². The number of rotatable bonds is 6. The van der Waals surface area contributed by atoms with Crippen molar-refractivity contribution >= 4 is 17.5 Å². The first kappa shape index (κ1) is 17.0. The highest BCUT2D eigenvalue weighted by Gasteiger charge is 2.57. The zero-order valence-electron chi connectivity index (χ0n) is 14.3. The molecule has 2 unspecified atom stereocenters. The highest BCUT2D eigenvalue weighted by atomic mass is 32.2. The molecule has 1 N–H and O–H groups in total. The summed E-state index contributed by atoms with van der Waals surface area (Å²) in [6.45, 7) is 6.28. The van der Waals surface area contributed by atoms with Crippen LogP contribution in [0.25, 0.3) is 0 Å². The number of Topliss-reactive ketones (excluding diaryl/α,β-unsaturated/α-hetero) is 1. The lowest BCUT2D eigenvalue weighted by Crippen LogP contribution is -2.52. The number of fused-ring (bicyclic) bond motifs is 3. The number of aromatic nitrogens is 3. The number of aryl methyl sites for hydroxylation is 1. The molecule has 2 heterocycles. The number of thioether (sulfide) groups is 1. The van der Waals surface area contributed by atoms with Gasteiger partial charge in [0.15, 0.2) is 22.5 Å². The van der Waals surface area contributed by atoms with Crippen LogP contribution in [0.1, 0.15) is 71.5 Å². The van der Waals surface area contributed by atoms with Gasteiger partial charge in [0.2, 0.25) is 0 Å². The third kappa shape index (κ3) is 3.20. The zero-order valence-corrected chi connectivity index (χ0v) is 15.2. The molecule has 0 radical (unpaired) electrons. The van der Waals surface area contributed by atoms with E-state index in [9.17, 15) is 9.90 Å². The minimum Gasteiger partial charge on any atom is -0.368 e. The van der Waals surface area contributed by atoms with Gasteiger partial charge in [0.05, 0.1) is 0 Å². The van der Waals surface area contributed by atoms with Gasteiger partial charge >= 0.3 is 0 Å². The summed E-state index contributed by atoms with van der Waals surface area (Å²) in [5.41, 5.74) is -1.40. The summed E-state index contributed by atoms with van der Waals surface area (Å²) < 4.78 is 1.63. The molecular weight excluding hydrogens is 310 g/mol. The van der Waals surface area contributed by atoms with Crippen molar-refractivity contribution in [1.29, 1.82) is 0 Å². The van der Waals surface area contributed by atoms with Crippen molar-refractivity contribution in [1.82, 2.24) is 14.8 Å². The van der Waals surface area contributed by atoms with Crippen LogP contribution in [0.3, 0.4) is 0 Å². The van der Waals surface area contributed by atoms with Gasteiger partial charge in [0.1, 0.15) is 5.25 Å². The van der Waals surface area contributed by atoms with E-state index in [0.29, 0.717) is 18.0 Å². The Morgan fingerprint density at radius 2 is 2.04 bits per heavy atom. The lowest BCUT2D eigenvalue weighted by atomic mass is 9.72. The molecule has 0 bridgehead atoms. The largest absolute Gasteiger partial charge is 0.368 e. The summed E-state index contributed by atoms with van der Waals surface area (Å²) in [4.78, 5) is 16.9. The number of hydrogen-bond acceptors (Lipinski definition) is 5. The quantitative estimate of drug-likeness (QED) is 0.807. The van der Waals surface area contributed by atoms with E-state index in [-0.39, 0.29) is 11.2 Å². The van der Waals surface area contributed by atoms with Crippen molar-refractivity contribution in [2.75, 3.05) is 0 Å². The average Bonchev–Trinajstić information content (AvgIpc) is 2.95. The maximum atomic E-state index is 12.4. The molecule has 0 aromatic carbocycles. The van der Waals surface area contributed by atoms with Crippen LogP contribution in [0.2, 0.25) is 0 Å². The van der Waals surface area contributed by atoms with Crippen molar-refractivity contribution in [3.63, 3.8) is 0 Å². The van der Waals surface area contributed by atoms with Crippen LogP contribution in [0.4, 0.5) is 0 Å². The Balaban J connectivity index is 1.71. The number of aliphatic hydroxyl groups is 1. The Morgan fingerprint density at radius 3 is 2.78 bits per heavy atom. The van der Waals surface area contributed by atoms with Crippen molar-refractivity contribution in [2.24, 2.45) is 5.41 Å². The first-order chi connectivity index (χ1) is 10.9. The normalized spacial score (nSPS) is 28.7. The maximum absolute atomic E-state index is 12.4. The Hall–Kier alpha value is -0.880. The van der Waals surface area contributed by atoms with Gasteiger partial charge in [0, 0.05) is 19.3 Å². The molecular formula is C17H27N3O2S. The zero-order chi connectivity index (χ0) is 16.7. The molecule has 0 spiro atoms. The molecule has 0 saturated heterocycles. The summed E-state index contributed by atoms with van der Waals surface area (Å²) >= 11 is 1.39. The predicted molar refractivity (Wildman–Crippen MR) is 90.3 cm³/mol. The van der Waals surface area contributed by atoms with E-state index in [4.69, 9.17) is 0 Å². The molecule has 6 heteroatoms. The molecule has 2 aliphatic rings. The Labute approximate surface area is 142 Å². The lowest BCUT2D eigenvalue weighted by molar-refractivity contribution is -0.146. The molecule has 1 saturated carbocycles. The molecule has 1 aromatic heterocycles. The second-order valence-electron chi connectivity index (χ2n) is 7.75. The van der Waals surface area contributed by atoms with Gasteiger partial charge in [0.25, 0.3) is 0 Å². The molecule has 128 valence electrons. The van der Waals surface area contributed by atoms with Crippen LogP contribution in [0.5, 0.6) is 0 Å². The number of unbranched alkanes of at least 4 members (excludes halogenated alkanes) is 4. The summed E-state index contributed by atoms with van der Waals surface area (Å²) in [5, 5.41) is 16.0. The first-order valence-corrected chi connectivity index (χ1v) is 9.62. The monoisotopic (exact) mass is 337 g/mol. The minimum atomic E-state index is -1.20. The van der Waals surface area contributed by atoms with Crippen LogP contribution in [-0.4, -0.2) is 30.9 Å². The number of carbonyl (C=O) groups excluding carboxylic acids is 1. The summed E-state index contributed by atoms with van der Waals surface area (Å²) in [5.74, 6) is 0.911. The van der Waals surface area contributed by atoms with Crippen LogP contribution >= 0.6 is 11.8 Å². The molecule has 2 atom stereocenters. The molecule has 1 aliphatic carbocycles. The van der Waals surface area contributed by atoms with Gasteiger partial charge in [-0.05, 0) is 11.8 Å². The van der Waals surface area contributed by atoms with E-state index in [2.05, 4.69) is 17.0 Å². The van der Waals surface area contributed by atoms with Gasteiger partial charge in [-0.25, -0.2) is 9.67 Å². The third-order valence-electron chi connectivity index (χ3n) is 4.82. The minimum absolute atomic E-state index is 0.113. The van der Waals surface area contributed by atoms with Gasteiger partial charge in [-0.3, -0.25) is 4.79 Å². The fourth-order valence-electron chi connectivity index (χ4n) is 3.79. The van der Waals surface area contributed by atoms with Crippen molar-refractivity contribution in [2.45, 2.75) is 88.3 Å².